The number of ether oxygens (including phenoxy) is 2. The lowest BCUT2D eigenvalue weighted by Gasteiger charge is -2.09. The van der Waals surface area contributed by atoms with Crippen LogP contribution in [0.4, 0.5) is 0 Å². The lowest BCUT2D eigenvalue weighted by Crippen LogP contribution is -2.02. The molecule has 20 heavy (non-hydrogen) atoms. The fourth-order valence-electron chi connectivity index (χ4n) is 1.70. The zero-order valence-electron chi connectivity index (χ0n) is 10.8. The van der Waals surface area contributed by atoms with Crippen molar-refractivity contribution in [3.63, 3.8) is 0 Å². The molecule has 0 amide bonds. The third kappa shape index (κ3) is 3.51. The smallest absolute Gasteiger partial charge is 0.339 e. The quantitative estimate of drug-likeness (QED) is 0.903. The van der Waals surface area contributed by atoms with Crippen LogP contribution >= 0.6 is 15.9 Å². The highest BCUT2D eigenvalue weighted by molar-refractivity contribution is 9.10. The van der Waals surface area contributed by atoms with Gasteiger partial charge in [-0.2, -0.15) is 0 Å². The van der Waals surface area contributed by atoms with Crippen LogP contribution in [-0.4, -0.2) is 18.2 Å². The molecule has 0 heterocycles. The molecule has 4 nitrogen and oxygen atoms in total. The van der Waals surface area contributed by atoms with Gasteiger partial charge in [0, 0.05) is 4.47 Å². The second-order valence-electron chi connectivity index (χ2n) is 4.08. The van der Waals surface area contributed by atoms with Crippen LogP contribution in [0.15, 0.2) is 46.9 Å². The molecule has 0 bridgehead atoms. The number of carbonyl (C=O) groups is 1. The Bertz CT molecular complexity index is 608. The Morgan fingerprint density at radius 1 is 1.20 bits per heavy atom. The van der Waals surface area contributed by atoms with Crippen LogP contribution in [0, 0.1) is 0 Å². The minimum absolute atomic E-state index is 0.139. The van der Waals surface area contributed by atoms with E-state index in [9.17, 15) is 4.79 Å². The van der Waals surface area contributed by atoms with Crippen molar-refractivity contribution in [2.24, 2.45) is 0 Å². The predicted octanol–water partition coefficient (Wildman–Crippen LogP) is 3.73. The minimum Gasteiger partial charge on any atom is -0.496 e. The van der Waals surface area contributed by atoms with E-state index in [0.717, 1.165) is 15.8 Å². The first-order valence-electron chi connectivity index (χ1n) is 5.88. The average Bonchev–Trinajstić information content (AvgIpc) is 2.46. The summed E-state index contributed by atoms with van der Waals surface area (Å²) in [5.41, 5.74) is 0.981. The van der Waals surface area contributed by atoms with Gasteiger partial charge in [-0.15, -0.1) is 0 Å². The van der Waals surface area contributed by atoms with Gasteiger partial charge < -0.3 is 14.6 Å². The third-order valence-electron chi connectivity index (χ3n) is 2.72. The Kier molecular flexibility index (Phi) is 4.63. The largest absolute Gasteiger partial charge is 0.496 e. The van der Waals surface area contributed by atoms with E-state index in [1.807, 2.05) is 24.3 Å². The zero-order chi connectivity index (χ0) is 14.5. The molecular formula is C15H13BrO4. The van der Waals surface area contributed by atoms with E-state index in [-0.39, 0.29) is 5.56 Å². The van der Waals surface area contributed by atoms with Gasteiger partial charge in [0.15, 0.2) is 0 Å². The second-order valence-corrected chi connectivity index (χ2v) is 5.00. The summed E-state index contributed by atoms with van der Waals surface area (Å²) in [6.45, 7) is 0.345. The molecule has 1 N–H and O–H groups in total. The molecule has 2 rings (SSSR count). The average molecular weight is 337 g/mol. The first kappa shape index (κ1) is 14.4. The maximum Gasteiger partial charge on any atom is 0.339 e. The number of rotatable bonds is 5. The predicted molar refractivity (Wildman–Crippen MR) is 78.4 cm³/mol. The molecule has 2 aromatic rings. The maximum absolute atomic E-state index is 11.0. The highest BCUT2D eigenvalue weighted by Gasteiger charge is 2.11. The number of methoxy groups -OCH3 is 1. The standard InChI is InChI=1S/C15H13BrO4/c1-19-14-8-10(2-7-13(14)15(17)18)9-20-12-5-3-11(16)4-6-12/h2-8H,9H2,1H3,(H,17,18). The molecule has 0 unspecified atom stereocenters. The fourth-order valence-corrected chi connectivity index (χ4v) is 1.96. The molecule has 0 aliphatic carbocycles. The third-order valence-corrected chi connectivity index (χ3v) is 3.24. The summed E-state index contributed by atoms with van der Waals surface area (Å²) < 4.78 is 11.7. The number of carboxylic acids is 1. The summed E-state index contributed by atoms with van der Waals surface area (Å²) in [7, 11) is 1.45. The molecular weight excluding hydrogens is 324 g/mol. The highest BCUT2D eigenvalue weighted by Crippen LogP contribution is 2.22. The molecule has 0 atom stereocenters. The van der Waals surface area contributed by atoms with E-state index < -0.39 is 5.97 Å². The van der Waals surface area contributed by atoms with Crippen molar-refractivity contribution in [1.29, 1.82) is 0 Å². The summed E-state index contributed by atoms with van der Waals surface area (Å²) in [6.07, 6.45) is 0. The lowest BCUT2D eigenvalue weighted by atomic mass is 10.1. The van der Waals surface area contributed by atoms with Crippen LogP contribution < -0.4 is 9.47 Å². The fraction of sp³-hybridized carbons (Fsp3) is 0.133. The molecule has 0 saturated carbocycles. The number of aromatic carboxylic acids is 1. The van der Waals surface area contributed by atoms with Gasteiger partial charge in [-0.05, 0) is 42.0 Å². The van der Waals surface area contributed by atoms with Crippen LogP contribution in [0.25, 0.3) is 0 Å². The number of halogens is 1. The zero-order valence-corrected chi connectivity index (χ0v) is 12.4. The van der Waals surface area contributed by atoms with Crippen molar-refractivity contribution in [3.05, 3.63) is 58.1 Å². The minimum atomic E-state index is -1.01. The molecule has 104 valence electrons. The molecule has 5 heteroatoms. The Morgan fingerprint density at radius 2 is 1.90 bits per heavy atom. The Balaban J connectivity index is 2.10. The highest BCUT2D eigenvalue weighted by atomic mass is 79.9. The number of carboxylic acid groups (broad SMARTS) is 1. The van der Waals surface area contributed by atoms with Crippen molar-refractivity contribution in [2.75, 3.05) is 7.11 Å². The molecule has 0 saturated heterocycles. The second kappa shape index (κ2) is 6.43. The molecule has 2 aromatic carbocycles. The molecule has 0 aliphatic heterocycles. The summed E-state index contributed by atoms with van der Waals surface area (Å²) in [5.74, 6) is 0.0612. The van der Waals surface area contributed by atoms with Gasteiger partial charge in [0.2, 0.25) is 0 Å². The van der Waals surface area contributed by atoms with Gasteiger partial charge in [-0.3, -0.25) is 0 Å². The van der Waals surface area contributed by atoms with Crippen LogP contribution in [0.3, 0.4) is 0 Å². The van der Waals surface area contributed by atoms with Crippen molar-refractivity contribution in [3.8, 4) is 11.5 Å². The SMILES string of the molecule is COc1cc(COc2ccc(Br)cc2)ccc1C(=O)O. The normalized spacial score (nSPS) is 10.1. The van der Waals surface area contributed by atoms with Crippen molar-refractivity contribution in [1.82, 2.24) is 0 Å². The van der Waals surface area contributed by atoms with Crippen LogP contribution in [0.2, 0.25) is 0 Å². The first-order chi connectivity index (χ1) is 9.60. The number of hydrogen-bond acceptors (Lipinski definition) is 3. The van der Waals surface area contributed by atoms with E-state index in [1.165, 1.54) is 13.2 Å². The van der Waals surface area contributed by atoms with Crippen molar-refractivity contribution in [2.45, 2.75) is 6.61 Å². The summed E-state index contributed by atoms with van der Waals surface area (Å²) in [4.78, 5) is 11.0. The van der Waals surface area contributed by atoms with Gasteiger partial charge >= 0.3 is 5.97 Å². The van der Waals surface area contributed by atoms with E-state index in [0.29, 0.717) is 12.4 Å². The van der Waals surface area contributed by atoms with Crippen molar-refractivity contribution >= 4 is 21.9 Å². The summed E-state index contributed by atoms with van der Waals surface area (Å²) >= 11 is 3.35. The Labute approximate surface area is 125 Å². The molecule has 0 aliphatic rings. The molecule has 0 spiro atoms. The monoisotopic (exact) mass is 336 g/mol. The van der Waals surface area contributed by atoms with Gasteiger partial charge in [-0.25, -0.2) is 4.79 Å². The van der Waals surface area contributed by atoms with E-state index in [2.05, 4.69) is 15.9 Å². The summed E-state index contributed by atoms with van der Waals surface area (Å²) in [6, 6.07) is 12.4. The van der Waals surface area contributed by atoms with E-state index in [4.69, 9.17) is 14.6 Å². The van der Waals surface area contributed by atoms with Gasteiger partial charge in [0.25, 0.3) is 0 Å². The van der Waals surface area contributed by atoms with Gasteiger partial charge in [-0.1, -0.05) is 22.0 Å². The van der Waals surface area contributed by atoms with Crippen LogP contribution in [-0.2, 0) is 6.61 Å². The Morgan fingerprint density at radius 3 is 2.50 bits per heavy atom. The summed E-state index contributed by atoms with van der Waals surface area (Å²) in [5, 5.41) is 9.01. The van der Waals surface area contributed by atoms with Crippen molar-refractivity contribution < 1.29 is 19.4 Å². The van der Waals surface area contributed by atoms with Crippen LogP contribution in [0.5, 0.6) is 11.5 Å². The molecule has 0 fully saturated rings. The lowest BCUT2D eigenvalue weighted by molar-refractivity contribution is 0.0693. The Hall–Kier alpha value is -2.01. The first-order valence-corrected chi connectivity index (χ1v) is 6.68. The van der Waals surface area contributed by atoms with E-state index >= 15 is 0 Å². The number of hydrogen-bond donors (Lipinski definition) is 1. The van der Waals surface area contributed by atoms with E-state index in [1.54, 1.807) is 12.1 Å². The maximum atomic E-state index is 11.0. The van der Waals surface area contributed by atoms with Gasteiger partial charge in [0.05, 0.1) is 7.11 Å². The topological polar surface area (TPSA) is 55.8 Å². The van der Waals surface area contributed by atoms with Gasteiger partial charge in [0.1, 0.15) is 23.7 Å². The van der Waals surface area contributed by atoms with Crippen LogP contribution in [0.1, 0.15) is 15.9 Å². The molecule has 0 radical (unpaired) electrons. The molecule has 0 aromatic heterocycles. The number of benzene rings is 2.